The number of guanidine groups is 1. The van der Waals surface area contributed by atoms with Crippen molar-refractivity contribution in [2.45, 2.75) is 201 Å². The number of carbonyl (C=O) groups is 21. The van der Waals surface area contributed by atoms with E-state index >= 15 is 0 Å². The molecule has 0 spiro atoms. The molecule has 2 aromatic rings. The SMILES string of the molecule is CSCC[C@H](NC(=O)[C@@H]1CCCN1C(=O)CNC(=O)[C@H](C)NC(=O)[C@@H]1CCCN1C(=O)CNC(=O)[C@H](CCC(=O)O)NC(=O)[C@@H]1CCCN1C(=O)[C@H](CS)NC(=O)[C@H](CC(N)=O)NC(=O)[C@H](Cc1ccccc1)NC(=O)[C@H](CS)NC(=O)[C@H](Cc1ccccc1)NC(=O)[C@@H](N)CC(=O)O)C(=O)NCC(=O)N[C@@H](CCCNC(=N)N)C(=O)N1CCC[C@H]1C(=O)NCC(=O)O. The lowest BCUT2D eigenvalue weighted by atomic mass is 10.0. The molecule has 46 nitrogen and oxygen atoms in total. The largest absolute Gasteiger partial charge is 0.481 e. The predicted molar refractivity (Wildman–Crippen MR) is 463 cm³/mol. The summed E-state index contributed by atoms with van der Waals surface area (Å²) in [6, 6.07) is -3.19. The summed E-state index contributed by atoms with van der Waals surface area (Å²) in [5.74, 6) is -20.9. The highest BCUT2D eigenvalue weighted by Crippen LogP contribution is 2.24. The Morgan fingerprint density at radius 2 is 0.852 bits per heavy atom. The quantitative estimate of drug-likeness (QED) is 0.0127. The van der Waals surface area contributed by atoms with Gasteiger partial charge in [0, 0.05) is 63.5 Å². The molecular weight excluding hydrogens is 1740 g/mol. The van der Waals surface area contributed by atoms with Crippen molar-refractivity contribution in [3.8, 4) is 0 Å². The molecule has 702 valence electrons. The first-order chi connectivity index (χ1) is 60.8. The number of primary amides is 1. The molecule has 4 aliphatic rings. The summed E-state index contributed by atoms with van der Waals surface area (Å²) in [4.78, 5) is 287. The molecule has 18 amide bonds. The number of aliphatic carboxylic acids is 3. The molecule has 0 unspecified atom stereocenters. The number of carboxylic acids is 3. The lowest BCUT2D eigenvalue weighted by molar-refractivity contribution is -0.143. The van der Waals surface area contributed by atoms with Crippen LogP contribution in [0, 0.1) is 5.41 Å². The van der Waals surface area contributed by atoms with Crippen LogP contribution in [-0.4, -0.2) is 332 Å². The Kier molecular flexibility index (Phi) is 42.9. The molecule has 0 radical (unpaired) electrons. The standard InChI is InChI=1S/C79H114N22O24S3/c1-42(65(112)86-37-60(104)99-28-11-21-56(99)75(122)92-47(25-31-128-2)68(115)85-36-59(103)90-48(18-9-26-84-79(82)83)77(124)100-29-12-19-54(100)73(120)88-39-64(110)111)89-74(121)55-20-10-27-98(55)61(105)38-87-67(114)46(23-24-62(106)107)91-76(123)57-22-13-30-101(57)78(125)53(41-127)97-71(118)51(35-58(81)102)95-69(116)50(33-44-16-7-4-8-17-44)94-72(119)52(40-126)96-70(117)49(32-43-14-5-3-6-15-43)93-66(113)45(80)34-63(108)109/h3-8,14-17,42,45-57,126-127H,9-13,18-41,80H2,1-2H3,(H2,81,102)(H,85,115)(H,86,112)(H,87,114)(H,88,120)(H,89,121)(H,90,103)(H,91,123)(H,92,122)(H,93,113)(H,94,119)(H,95,116)(H,96,117)(H,97,118)(H,106,107)(H,108,109)(H,110,111)(H4,82,83,84)/t42-,45-,46-,47-,48-,49-,50-,51-,52-,53-,54-,55-,56-,57-/m0/s1. The van der Waals surface area contributed by atoms with Crippen LogP contribution in [0.4, 0.5) is 0 Å². The monoisotopic (exact) mass is 1850 g/mol. The van der Waals surface area contributed by atoms with Crippen LogP contribution in [0.5, 0.6) is 0 Å². The zero-order chi connectivity index (χ0) is 94.4. The maximum absolute atomic E-state index is 14.4. The van der Waals surface area contributed by atoms with E-state index in [1.165, 1.54) is 28.5 Å². The number of carboxylic acid groups (broad SMARTS) is 3. The minimum absolute atomic E-state index is 0.00157. The summed E-state index contributed by atoms with van der Waals surface area (Å²) in [5.41, 5.74) is 17.8. The van der Waals surface area contributed by atoms with Gasteiger partial charge in [-0.15, -0.1) is 0 Å². The Hall–Kier alpha value is -12.4. The number of likely N-dealkylation sites (tertiary alicyclic amines) is 4. The molecule has 128 heavy (non-hydrogen) atoms. The first kappa shape index (κ1) is 104. The molecule has 0 aromatic heterocycles. The first-order valence-corrected chi connectivity index (χ1v) is 44.1. The fourth-order valence-electron chi connectivity index (χ4n) is 14.6. The molecule has 24 N–H and O–H groups in total. The Labute approximate surface area is 751 Å². The fourth-order valence-corrected chi connectivity index (χ4v) is 15.6. The maximum Gasteiger partial charge on any atom is 0.322 e. The van der Waals surface area contributed by atoms with Gasteiger partial charge in [-0.3, -0.25) is 106 Å². The van der Waals surface area contributed by atoms with Gasteiger partial charge in [0.15, 0.2) is 5.96 Å². The minimum Gasteiger partial charge on any atom is -0.481 e. The second-order valence-corrected chi connectivity index (χ2v) is 32.4. The highest BCUT2D eigenvalue weighted by atomic mass is 32.2. The van der Waals surface area contributed by atoms with E-state index in [0.717, 1.165) is 9.80 Å². The Balaban J connectivity index is 1.01. The summed E-state index contributed by atoms with van der Waals surface area (Å²) >= 11 is 9.89. The van der Waals surface area contributed by atoms with Crippen LogP contribution in [-0.2, 0) is 114 Å². The van der Waals surface area contributed by atoms with E-state index < -0.39 is 272 Å². The predicted octanol–water partition coefficient (Wildman–Crippen LogP) is -8.21. The zero-order valence-electron chi connectivity index (χ0n) is 70.6. The molecule has 0 saturated carbocycles. The molecule has 4 saturated heterocycles. The second-order valence-electron chi connectivity index (χ2n) is 30.7. The van der Waals surface area contributed by atoms with Gasteiger partial charge < -0.3 is 127 Å². The molecule has 6 rings (SSSR count). The number of thioether (sulfide) groups is 1. The van der Waals surface area contributed by atoms with E-state index in [9.17, 15) is 111 Å². The Morgan fingerprint density at radius 3 is 1.33 bits per heavy atom. The van der Waals surface area contributed by atoms with E-state index in [0.29, 0.717) is 29.7 Å². The number of amides is 18. The third-order valence-corrected chi connectivity index (χ3v) is 22.6. The summed E-state index contributed by atoms with van der Waals surface area (Å²) in [6.07, 6.45) is 0.446. The molecule has 4 fully saturated rings. The van der Waals surface area contributed by atoms with Gasteiger partial charge in [-0.25, -0.2) is 0 Å². The normalized spacial score (nSPS) is 18.1. The third-order valence-electron chi connectivity index (χ3n) is 21.2. The highest BCUT2D eigenvalue weighted by Gasteiger charge is 2.44. The van der Waals surface area contributed by atoms with Crippen molar-refractivity contribution >= 4 is 167 Å². The van der Waals surface area contributed by atoms with Crippen LogP contribution in [0.25, 0.3) is 0 Å². The lowest BCUT2D eigenvalue weighted by Gasteiger charge is -2.30. The molecule has 14 atom stereocenters. The van der Waals surface area contributed by atoms with Crippen molar-refractivity contribution in [3.05, 3.63) is 71.8 Å². The average molecular weight is 1850 g/mol. The van der Waals surface area contributed by atoms with E-state index in [1.54, 1.807) is 66.9 Å². The summed E-state index contributed by atoms with van der Waals surface area (Å²) < 4.78 is 0. The van der Waals surface area contributed by atoms with Crippen LogP contribution in [0.2, 0.25) is 0 Å². The third kappa shape index (κ3) is 33.4. The Morgan fingerprint density at radius 1 is 0.430 bits per heavy atom. The molecule has 4 heterocycles. The molecule has 4 aliphatic heterocycles. The van der Waals surface area contributed by atoms with Gasteiger partial charge in [0.2, 0.25) is 106 Å². The van der Waals surface area contributed by atoms with Gasteiger partial charge in [0.05, 0.1) is 38.5 Å². The van der Waals surface area contributed by atoms with Crippen molar-refractivity contribution in [3.63, 3.8) is 0 Å². The van der Waals surface area contributed by atoms with Crippen LogP contribution in [0.1, 0.15) is 114 Å². The number of nitrogens with one attached hydrogen (secondary N) is 15. The van der Waals surface area contributed by atoms with Crippen molar-refractivity contribution in [1.82, 2.24) is 94.0 Å². The van der Waals surface area contributed by atoms with Crippen LogP contribution < -0.4 is 91.6 Å². The van der Waals surface area contributed by atoms with E-state index in [-0.39, 0.29) is 109 Å². The lowest BCUT2D eigenvalue weighted by Crippen LogP contribution is -2.61. The van der Waals surface area contributed by atoms with Gasteiger partial charge in [0.1, 0.15) is 85.1 Å². The molecular formula is C79H114N22O24S3. The fraction of sp³-hybridized carbons (Fsp3) is 0.570. The van der Waals surface area contributed by atoms with Crippen molar-refractivity contribution < 1.29 is 116 Å². The van der Waals surface area contributed by atoms with E-state index in [4.69, 9.17) is 27.7 Å². The van der Waals surface area contributed by atoms with Crippen LogP contribution in [0.3, 0.4) is 0 Å². The number of thiol groups is 2. The average Bonchev–Trinajstić information content (AvgIpc) is 1.66. The molecule has 0 aliphatic carbocycles. The van der Waals surface area contributed by atoms with Gasteiger partial charge in [-0.05, 0) is 107 Å². The molecule has 0 bridgehead atoms. The number of rotatable bonds is 51. The van der Waals surface area contributed by atoms with Gasteiger partial charge in [-0.1, -0.05) is 60.7 Å². The number of hydrogen-bond donors (Lipinski definition) is 23. The summed E-state index contributed by atoms with van der Waals surface area (Å²) in [7, 11) is 0. The zero-order valence-corrected chi connectivity index (χ0v) is 73.2. The van der Waals surface area contributed by atoms with E-state index in [2.05, 4.69) is 99.7 Å². The smallest absolute Gasteiger partial charge is 0.322 e. The molecule has 2 aromatic carbocycles. The van der Waals surface area contributed by atoms with Crippen molar-refractivity contribution in [2.75, 3.05) is 82.4 Å². The summed E-state index contributed by atoms with van der Waals surface area (Å²) in [6.45, 7) is -1.25. The number of nitrogens with two attached hydrogens (primary N) is 3. The second kappa shape index (κ2) is 52.6. The number of carbonyl (C=O) groups excluding carboxylic acids is 18. The highest BCUT2D eigenvalue weighted by molar-refractivity contribution is 7.98. The van der Waals surface area contributed by atoms with Gasteiger partial charge in [-0.2, -0.15) is 37.0 Å². The number of nitrogens with zero attached hydrogens (tertiary/aromatic N) is 4. The topological polar surface area (TPSA) is 702 Å². The van der Waals surface area contributed by atoms with Gasteiger partial charge in [0.25, 0.3) is 0 Å². The minimum atomic E-state index is -1.85. The van der Waals surface area contributed by atoms with Crippen LogP contribution in [0.15, 0.2) is 60.7 Å². The maximum atomic E-state index is 14.4. The first-order valence-electron chi connectivity index (χ1n) is 41.4. The number of benzene rings is 2. The van der Waals surface area contributed by atoms with E-state index in [1.807, 2.05) is 0 Å². The summed E-state index contributed by atoms with van der Waals surface area (Å²) in [5, 5.41) is 70.1. The van der Waals surface area contributed by atoms with Crippen molar-refractivity contribution in [1.29, 1.82) is 5.41 Å². The van der Waals surface area contributed by atoms with Crippen LogP contribution >= 0.6 is 37.0 Å². The number of hydrogen-bond acceptors (Lipinski definition) is 26. The van der Waals surface area contributed by atoms with Gasteiger partial charge >= 0.3 is 17.9 Å². The van der Waals surface area contributed by atoms with Crippen molar-refractivity contribution in [2.24, 2.45) is 17.2 Å². The Bertz CT molecular complexity index is 4350. The molecule has 49 heteroatoms.